The zero-order valence-electron chi connectivity index (χ0n) is 10.3. The van der Waals surface area contributed by atoms with E-state index in [1.807, 2.05) is 0 Å². The van der Waals surface area contributed by atoms with Crippen molar-refractivity contribution in [2.75, 3.05) is 7.11 Å². The monoisotopic (exact) mass is 268 g/mol. The fraction of sp³-hybridized carbons (Fsp3) is 0.500. The van der Waals surface area contributed by atoms with Crippen LogP contribution in [-0.2, 0) is 6.54 Å². The van der Waals surface area contributed by atoms with E-state index in [-0.39, 0.29) is 0 Å². The summed E-state index contributed by atoms with van der Waals surface area (Å²) in [6.07, 6.45) is 5.30. The predicted octanol–water partition coefficient (Wildman–Crippen LogP) is 1.70. The van der Waals surface area contributed by atoms with Gasteiger partial charge in [0.1, 0.15) is 5.02 Å². The molecule has 3 N–H and O–H groups in total. The fourth-order valence-corrected chi connectivity index (χ4v) is 1.95. The van der Waals surface area contributed by atoms with Crippen molar-refractivity contribution < 1.29 is 4.74 Å². The van der Waals surface area contributed by atoms with Gasteiger partial charge < -0.3 is 15.8 Å². The Morgan fingerprint density at radius 2 is 2.44 bits per heavy atom. The van der Waals surface area contributed by atoms with Crippen LogP contribution < -0.4 is 15.8 Å². The second kappa shape index (κ2) is 5.91. The Kier molecular flexibility index (Phi) is 4.25. The molecule has 1 aliphatic carbocycles. The van der Waals surface area contributed by atoms with E-state index in [1.165, 1.54) is 26.4 Å². The molecule has 2 rings (SSSR count). The Labute approximate surface area is 111 Å². The summed E-state index contributed by atoms with van der Waals surface area (Å²) in [7, 11) is 1.53. The Balaban J connectivity index is 1.92. The van der Waals surface area contributed by atoms with Gasteiger partial charge in [-0.2, -0.15) is 0 Å². The predicted molar refractivity (Wildman–Crippen MR) is 71.9 cm³/mol. The lowest BCUT2D eigenvalue weighted by atomic mass is 9.93. The van der Waals surface area contributed by atoms with Crippen LogP contribution in [0.4, 0.5) is 0 Å². The molecule has 1 fully saturated rings. The van der Waals surface area contributed by atoms with Crippen molar-refractivity contribution in [2.24, 2.45) is 10.7 Å². The molecule has 6 heteroatoms. The first-order valence-electron chi connectivity index (χ1n) is 5.94. The Hall–Kier alpha value is -1.49. The zero-order valence-corrected chi connectivity index (χ0v) is 11.1. The summed E-state index contributed by atoms with van der Waals surface area (Å²) >= 11 is 5.98. The normalized spacial score (nSPS) is 16.2. The van der Waals surface area contributed by atoms with E-state index in [2.05, 4.69) is 15.3 Å². The van der Waals surface area contributed by atoms with Gasteiger partial charge in [0.2, 0.25) is 5.88 Å². The maximum atomic E-state index is 5.98. The Morgan fingerprint density at radius 3 is 3.00 bits per heavy atom. The van der Waals surface area contributed by atoms with Crippen molar-refractivity contribution in [3.63, 3.8) is 0 Å². The van der Waals surface area contributed by atoms with Crippen molar-refractivity contribution in [1.29, 1.82) is 0 Å². The SMILES string of the molecule is COc1ncc(CN=C(N)NC2CCC2)cc1Cl. The number of aliphatic imine (C=N–C) groups is 1. The molecule has 0 radical (unpaired) electrons. The zero-order chi connectivity index (χ0) is 13.0. The number of pyridine rings is 1. The number of nitrogens with one attached hydrogen (secondary N) is 1. The van der Waals surface area contributed by atoms with Crippen LogP contribution in [0.3, 0.4) is 0 Å². The number of hydrogen-bond acceptors (Lipinski definition) is 3. The highest BCUT2D eigenvalue weighted by molar-refractivity contribution is 6.31. The number of nitrogens with zero attached hydrogens (tertiary/aromatic N) is 2. The highest BCUT2D eigenvalue weighted by Gasteiger charge is 2.17. The van der Waals surface area contributed by atoms with Crippen LogP contribution in [0.2, 0.25) is 5.02 Å². The van der Waals surface area contributed by atoms with Crippen LogP contribution in [0.25, 0.3) is 0 Å². The molecular formula is C12H17ClN4O. The molecule has 1 aliphatic rings. The number of hydrogen-bond donors (Lipinski definition) is 2. The van der Waals surface area contributed by atoms with E-state index in [9.17, 15) is 0 Å². The van der Waals surface area contributed by atoms with Crippen molar-refractivity contribution in [3.8, 4) is 5.88 Å². The van der Waals surface area contributed by atoms with Gasteiger partial charge >= 0.3 is 0 Å². The molecule has 0 aliphatic heterocycles. The van der Waals surface area contributed by atoms with Gasteiger partial charge in [-0.1, -0.05) is 11.6 Å². The minimum absolute atomic E-state index is 0.421. The van der Waals surface area contributed by atoms with Gasteiger partial charge in [0.25, 0.3) is 0 Å². The Morgan fingerprint density at radius 1 is 1.67 bits per heavy atom. The lowest BCUT2D eigenvalue weighted by Gasteiger charge is -2.26. The van der Waals surface area contributed by atoms with Crippen molar-refractivity contribution in [1.82, 2.24) is 10.3 Å². The lowest BCUT2D eigenvalue weighted by molar-refractivity contribution is 0.382. The maximum absolute atomic E-state index is 5.98. The maximum Gasteiger partial charge on any atom is 0.232 e. The molecule has 1 saturated carbocycles. The summed E-state index contributed by atoms with van der Waals surface area (Å²) in [6.45, 7) is 0.461. The molecule has 0 spiro atoms. The molecule has 0 amide bonds. The minimum atomic E-state index is 0.421. The number of rotatable bonds is 4. The molecule has 5 nitrogen and oxygen atoms in total. The minimum Gasteiger partial charge on any atom is -0.480 e. The quantitative estimate of drug-likeness (QED) is 0.644. The van der Waals surface area contributed by atoms with Gasteiger partial charge in [-0.05, 0) is 30.9 Å². The molecule has 1 heterocycles. The van der Waals surface area contributed by atoms with Gasteiger partial charge in [0, 0.05) is 12.2 Å². The molecule has 1 aromatic rings. The van der Waals surface area contributed by atoms with Gasteiger partial charge in [-0.15, -0.1) is 0 Å². The average Bonchev–Trinajstić information content (AvgIpc) is 2.31. The molecule has 0 bridgehead atoms. The first-order valence-corrected chi connectivity index (χ1v) is 6.31. The first kappa shape index (κ1) is 13.0. The third-order valence-electron chi connectivity index (χ3n) is 2.95. The van der Waals surface area contributed by atoms with Gasteiger partial charge in [-0.25, -0.2) is 9.98 Å². The second-order valence-electron chi connectivity index (χ2n) is 4.31. The topological polar surface area (TPSA) is 72.5 Å². The summed E-state index contributed by atoms with van der Waals surface area (Å²) in [5, 5.41) is 3.66. The molecule has 0 aromatic carbocycles. The second-order valence-corrected chi connectivity index (χ2v) is 4.72. The fourth-order valence-electron chi connectivity index (χ4n) is 1.69. The van der Waals surface area contributed by atoms with E-state index >= 15 is 0 Å². The molecule has 98 valence electrons. The van der Waals surface area contributed by atoms with Crippen LogP contribution >= 0.6 is 11.6 Å². The van der Waals surface area contributed by atoms with E-state index in [0.29, 0.717) is 29.4 Å². The molecule has 0 atom stereocenters. The number of aromatic nitrogens is 1. The van der Waals surface area contributed by atoms with E-state index in [0.717, 1.165) is 5.56 Å². The third-order valence-corrected chi connectivity index (χ3v) is 3.22. The number of ether oxygens (including phenoxy) is 1. The van der Waals surface area contributed by atoms with Gasteiger partial charge in [0.15, 0.2) is 5.96 Å². The van der Waals surface area contributed by atoms with Crippen LogP contribution in [0.1, 0.15) is 24.8 Å². The van der Waals surface area contributed by atoms with Crippen molar-refractivity contribution >= 4 is 17.6 Å². The Bertz CT molecular complexity index is 446. The standard InChI is InChI=1S/C12H17ClN4O/c1-18-11-10(13)5-8(6-15-11)7-16-12(14)17-9-3-2-4-9/h5-6,9H,2-4,7H2,1H3,(H3,14,16,17). The van der Waals surface area contributed by atoms with Crippen molar-refractivity contribution in [3.05, 3.63) is 22.8 Å². The molecular weight excluding hydrogens is 252 g/mol. The van der Waals surface area contributed by atoms with Gasteiger partial charge in [0.05, 0.1) is 13.7 Å². The van der Waals surface area contributed by atoms with Crippen LogP contribution in [0, 0.1) is 0 Å². The summed E-state index contributed by atoms with van der Waals surface area (Å²) in [6, 6.07) is 2.28. The van der Waals surface area contributed by atoms with E-state index in [4.69, 9.17) is 22.1 Å². The third kappa shape index (κ3) is 3.26. The summed E-state index contributed by atoms with van der Waals surface area (Å²) in [5.74, 6) is 0.900. The van der Waals surface area contributed by atoms with E-state index in [1.54, 1.807) is 12.3 Å². The number of methoxy groups -OCH3 is 1. The summed E-state index contributed by atoms with van der Waals surface area (Å²) in [4.78, 5) is 8.33. The number of nitrogens with two attached hydrogens (primary N) is 1. The summed E-state index contributed by atoms with van der Waals surface area (Å²) < 4.78 is 4.98. The van der Waals surface area contributed by atoms with Crippen LogP contribution in [0.15, 0.2) is 17.3 Å². The smallest absolute Gasteiger partial charge is 0.232 e. The molecule has 0 saturated heterocycles. The average molecular weight is 269 g/mol. The van der Waals surface area contributed by atoms with Crippen LogP contribution in [-0.4, -0.2) is 24.1 Å². The van der Waals surface area contributed by atoms with Crippen molar-refractivity contribution in [2.45, 2.75) is 31.8 Å². The lowest BCUT2D eigenvalue weighted by Crippen LogP contribution is -2.43. The molecule has 0 unspecified atom stereocenters. The highest BCUT2D eigenvalue weighted by Crippen LogP contribution is 2.22. The van der Waals surface area contributed by atoms with Gasteiger partial charge in [-0.3, -0.25) is 0 Å². The highest BCUT2D eigenvalue weighted by atomic mass is 35.5. The largest absolute Gasteiger partial charge is 0.480 e. The van der Waals surface area contributed by atoms with Crippen LogP contribution in [0.5, 0.6) is 5.88 Å². The molecule has 1 aromatic heterocycles. The molecule has 18 heavy (non-hydrogen) atoms. The summed E-state index contributed by atoms with van der Waals surface area (Å²) in [5.41, 5.74) is 6.69. The first-order chi connectivity index (χ1) is 8.69. The van der Waals surface area contributed by atoms with E-state index < -0.39 is 0 Å². The number of halogens is 1. The number of guanidine groups is 1.